The van der Waals surface area contributed by atoms with Crippen molar-refractivity contribution in [3.05, 3.63) is 316 Å². The van der Waals surface area contributed by atoms with E-state index in [4.69, 9.17) is 19.9 Å². The number of hydrogen-bond acceptors (Lipinski definition) is 4. The monoisotopic (exact) mass is 1170 g/mol. The summed E-state index contributed by atoms with van der Waals surface area (Å²) in [5.41, 5.74) is 22.7. The summed E-state index contributed by atoms with van der Waals surface area (Å²) in [4.78, 5) is 21.5. The zero-order valence-electron chi connectivity index (χ0n) is 49.7. The Morgan fingerprint density at radius 1 is 0.196 bits per heavy atom. The van der Waals surface area contributed by atoms with Crippen LogP contribution in [0, 0.1) is 0 Å². The molecule has 19 rings (SSSR count). The average Bonchev–Trinajstić information content (AvgIpc) is 0.990. The molecule has 0 unspecified atom stereocenters. The van der Waals surface area contributed by atoms with E-state index >= 15 is 0 Å². The molecule has 0 amide bonds. The van der Waals surface area contributed by atoms with Gasteiger partial charge in [-0.3, -0.25) is 9.97 Å². The summed E-state index contributed by atoms with van der Waals surface area (Å²) in [6.45, 7) is 0. The van der Waals surface area contributed by atoms with Gasteiger partial charge in [-0.15, -0.1) is 0 Å². The van der Waals surface area contributed by atoms with Crippen LogP contribution >= 0.6 is 0 Å². The standard InChI is InChI=1S/C86H52N6/c1-5-31-69-61(23-1)63-25-3-7-33-71(63)85-83(69)87-51-77(89-85)57-21-17-19-55(47-57)75-49-74(54-41-45-60(46-42-54)92-81-37-15-11-29-67(81)68-30-12-16-38-82(68)92)76(50-73(75)53-39-43-59(44-40-53)91-79-35-13-9-27-65(79)66-28-10-14-36-80(66)91)56-20-18-22-58(48-56)78-52-88-84-70-32-6-2-24-62(70)64-26-4-8-34-72(64)86(84)90-78/h1-52H. The third-order valence-electron chi connectivity index (χ3n) is 19.0. The molecule has 4 aromatic heterocycles. The lowest BCUT2D eigenvalue weighted by molar-refractivity contribution is 1.18. The minimum Gasteiger partial charge on any atom is -0.309 e. The van der Waals surface area contributed by atoms with E-state index in [1.807, 2.05) is 12.4 Å². The number of aromatic nitrogens is 6. The Labute approximate surface area is 528 Å². The highest BCUT2D eigenvalue weighted by Crippen LogP contribution is 2.46. The van der Waals surface area contributed by atoms with Crippen LogP contribution in [0.15, 0.2) is 316 Å². The second kappa shape index (κ2) is 20.6. The highest BCUT2D eigenvalue weighted by molar-refractivity contribution is 6.24. The molecule has 426 valence electrons. The third-order valence-corrected chi connectivity index (χ3v) is 19.0. The Kier molecular flexibility index (Phi) is 11.6. The van der Waals surface area contributed by atoms with Crippen LogP contribution in [0.2, 0.25) is 0 Å². The summed E-state index contributed by atoms with van der Waals surface area (Å²) < 4.78 is 4.78. The van der Waals surface area contributed by atoms with E-state index in [1.165, 1.54) is 65.2 Å². The normalized spacial score (nSPS) is 11.9. The van der Waals surface area contributed by atoms with Gasteiger partial charge in [0.2, 0.25) is 0 Å². The summed E-state index contributed by atoms with van der Waals surface area (Å²) in [6.07, 6.45) is 3.89. The van der Waals surface area contributed by atoms with Gasteiger partial charge in [0.15, 0.2) is 0 Å². The first-order valence-electron chi connectivity index (χ1n) is 31.3. The van der Waals surface area contributed by atoms with Gasteiger partial charge in [-0.2, -0.15) is 0 Å². The van der Waals surface area contributed by atoms with Crippen LogP contribution in [-0.4, -0.2) is 29.1 Å². The van der Waals surface area contributed by atoms with Crippen molar-refractivity contribution in [3.63, 3.8) is 0 Å². The molecule has 0 atom stereocenters. The van der Waals surface area contributed by atoms with Gasteiger partial charge in [0, 0.05) is 65.6 Å². The van der Waals surface area contributed by atoms with Crippen molar-refractivity contribution in [1.29, 1.82) is 0 Å². The lowest BCUT2D eigenvalue weighted by atomic mass is 9.85. The van der Waals surface area contributed by atoms with E-state index in [-0.39, 0.29) is 0 Å². The molecule has 19 aromatic rings. The smallest absolute Gasteiger partial charge is 0.0979 e. The van der Waals surface area contributed by atoms with Gasteiger partial charge in [-0.25, -0.2) is 9.97 Å². The minimum absolute atomic E-state index is 0.809. The van der Waals surface area contributed by atoms with Crippen LogP contribution in [0.1, 0.15) is 0 Å². The fraction of sp³-hybridized carbons (Fsp3) is 0. The van der Waals surface area contributed by atoms with Crippen molar-refractivity contribution in [2.75, 3.05) is 0 Å². The van der Waals surface area contributed by atoms with Crippen LogP contribution in [0.3, 0.4) is 0 Å². The molecule has 6 heteroatoms. The van der Waals surface area contributed by atoms with E-state index in [1.54, 1.807) is 0 Å². The molecule has 0 spiro atoms. The van der Waals surface area contributed by atoms with Gasteiger partial charge >= 0.3 is 0 Å². The molecule has 4 heterocycles. The second-order valence-electron chi connectivity index (χ2n) is 24.0. The summed E-state index contributed by atoms with van der Waals surface area (Å²) >= 11 is 0. The largest absolute Gasteiger partial charge is 0.309 e. The number of fused-ring (bicyclic) bond motifs is 18. The molecular weight excluding hydrogens is 1120 g/mol. The van der Waals surface area contributed by atoms with Gasteiger partial charge in [-0.1, -0.05) is 231 Å². The number of nitrogens with zero attached hydrogens (tertiary/aromatic N) is 6. The van der Waals surface area contributed by atoms with E-state index < -0.39 is 0 Å². The van der Waals surface area contributed by atoms with Crippen molar-refractivity contribution in [3.8, 4) is 78.4 Å². The Morgan fingerprint density at radius 2 is 0.467 bits per heavy atom. The molecule has 0 aliphatic rings. The van der Waals surface area contributed by atoms with Gasteiger partial charge in [0.1, 0.15) is 0 Å². The maximum atomic E-state index is 5.50. The Morgan fingerprint density at radius 3 is 0.804 bits per heavy atom. The lowest BCUT2D eigenvalue weighted by Crippen LogP contribution is -1.97. The van der Waals surface area contributed by atoms with Crippen molar-refractivity contribution in [2.45, 2.75) is 0 Å². The molecule has 0 saturated carbocycles. The van der Waals surface area contributed by atoms with Gasteiger partial charge < -0.3 is 9.13 Å². The predicted molar refractivity (Wildman–Crippen MR) is 384 cm³/mol. The number of hydrogen-bond donors (Lipinski definition) is 0. The average molecular weight is 1170 g/mol. The first kappa shape index (κ1) is 51.6. The summed E-state index contributed by atoms with van der Waals surface area (Å²) in [6, 6.07) is 110. The van der Waals surface area contributed by atoms with Crippen LogP contribution in [-0.2, 0) is 0 Å². The van der Waals surface area contributed by atoms with Crippen molar-refractivity contribution in [1.82, 2.24) is 29.1 Å². The SMILES string of the molecule is c1cc(-c2cnc3c4ccccc4c4ccccc4c3n2)cc(-c2cc(-c3ccc(-n4c5ccccc5c5ccccc54)cc3)c(-c3cccc(-c4cnc5c6ccccc6c6ccccc6c5n4)c3)cc2-c2ccc(-n3c4ccccc4c4ccccc43)cc2)c1. The fourth-order valence-electron chi connectivity index (χ4n) is 14.8. The summed E-state index contributed by atoms with van der Waals surface area (Å²) in [5.74, 6) is 0. The van der Waals surface area contributed by atoms with E-state index in [0.29, 0.717) is 0 Å². The molecule has 0 fully saturated rings. The number of benzene rings is 15. The van der Waals surface area contributed by atoms with E-state index in [0.717, 1.165) is 122 Å². The lowest BCUT2D eigenvalue weighted by Gasteiger charge is -2.20. The maximum absolute atomic E-state index is 5.50. The highest BCUT2D eigenvalue weighted by Gasteiger charge is 2.22. The van der Waals surface area contributed by atoms with E-state index in [2.05, 4.69) is 312 Å². The predicted octanol–water partition coefficient (Wildman–Crippen LogP) is 22.4. The topological polar surface area (TPSA) is 61.4 Å². The maximum Gasteiger partial charge on any atom is 0.0979 e. The molecule has 6 nitrogen and oxygen atoms in total. The molecule has 0 radical (unpaired) electrons. The highest BCUT2D eigenvalue weighted by atomic mass is 15.0. The van der Waals surface area contributed by atoms with Crippen LogP contribution in [0.4, 0.5) is 0 Å². The number of rotatable bonds is 8. The quantitative estimate of drug-likeness (QED) is 0.142. The Balaban J connectivity index is 0.833. The molecule has 0 saturated heterocycles. The molecule has 15 aromatic carbocycles. The van der Waals surface area contributed by atoms with Crippen molar-refractivity contribution in [2.24, 2.45) is 0 Å². The second-order valence-corrected chi connectivity index (χ2v) is 24.0. The molecule has 0 bridgehead atoms. The van der Waals surface area contributed by atoms with Crippen molar-refractivity contribution >= 4 is 109 Å². The van der Waals surface area contributed by atoms with Crippen LogP contribution in [0.25, 0.3) is 187 Å². The minimum atomic E-state index is 0.809. The first-order chi connectivity index (χ1) is 45.6. The third kappa shape index (κ3) is 8.07. The van der Waals surface area contributed by atoms with Gasteiger partial charge in [0.05, 0.1) is 67.9 Å². The summed E-state index contributed by atoms with van der Waals surface area (Å²) in [7, 11) is 0. The summed E-state index contributed by atoms with van der Waals surface area (Å²) in [5, 5.41) is 14.0. The molecule has 0 aliphatic carbocycles. The first-order valence-corrected chi connectivity index (χ1v) is 31.3. The zero-order chi connectivity index (χ0) is 60.4. The van der Waals surface area contributed by atoms with Gasteiger partial charge in [0.25, 0.3) is 0 Å². The molecule has 0 aliphatic heterocycles. The van der Waals surface area contributed by atoms with Crippen molar-refractivity contribution < 1.29 is 0 Å². The van der Waals surface area contributed by atoms with E-state index in [9.17, 15) is 0 Å². The Bertz CT molecular complexity index is 5690. The van der Waals surface area contributed by atoms with Gasteiger partial charge in [-0.05, 0) is 139 Å². The number of para-hydroxylation sites is 4. The van der Waals surface area contributed by atoms with Crippen LogP contribution < -0.4 is 0 Å². The zero-order valence-corrected chi connectivity index (χ0v) is 49.7. The molecular formula is C86H52N6. The van der Waals surface area contributed by atoms with Crippen LogP contribution in [0.5, 0.6) is 0 Å². The molecule has 92 heavy (non-hydrogen) atoms. The molecule has 0 N–H and O–H groups in total. The Hall–Kier alpha value is -12.4. The fourth-order valence-corrected chi connectivity index (χ4v) is 14.8.